The second kappa shape index (κ2) is 4.94. The third kappa shape index (κ3) is 2.98. The Morgan fingerprint density at radius 2 is 0.650 bits per heavy atom. The molecule has 0 heterocycles. The Labute approximate surface area is 107 Å². The highest BCUT2D eigenvalue weighted by Gasteiger charge is 2.66. The van der Waals surface area contributed by atoms with E-state index in [0.717, 1.165) is 0 Å². The van der Waals surface area contributed by atoms with Gasteiger partial charge in [0.15, 0.2) is 0 Å². The highest BCUT2D eigenvalue weighted by atomic mass is 19.4. The average Bonchev–Trinajstić information content (AvgIpc) is 2.26. The Bertz CT molecular complexity index is 297. The molecular weight excluding hydrogens is 310 g/mol. The summed E-state index contributed by atoms with van der Waals surface area (Å²) >= 11 is 0. The lowest BCUT2D eigenvalue weighted by Gasteiger charge is -2.37. The van der Waals surface area contributed by atoms with Crippen LogP contribution in [0.5, 0.6) is 0 Å². The maximum Gasteiger partial charge on any atom is 0.453 e. The van der Waals surface area contributed by atoms with Crippen molar-refractivity contribution in [1.82, 2.24) is 0 Å². The van der Waals surface area contributed by atoms with E-state index < -0.39 is 61.7 Å². The lowest BCUT2D eigenvalue weighted by Crippen LogP contribution is -2.49. The highest BCUT2D eigenvalue weighted by Crippen LogP contribution is 2.52. The summed E-state index contributed by atoms with van der Waals surface area (Å²) in [4.78, 5) is 0. The van der Waals surface area contributed by atoms with Crippen molar-refractivity contribution in [3.05, 3.63) is 0 Å². The second-order valence-corrected chi connectivity index (χ2v) is 4.79. The minimum absolute atomic E-state index is 1.02. The third-order valence-electron chi connectivity index (χ3n) is 3.51. The normalized spacial score (nSPS) is 26.7. The number of alkyl halides is 10. The van der Waals surface area contributed by atoms with E-state index in [1.165, 1.54) is 0 Å². The molecule has 1 saturated carbocycles. The zero-order valence-electron chi connectivity index (χ0n) is 9.76. The average molecular weight is 320 g/mol. The van der Waals surface area contributed by atoms with Gasteiger partial charge in [-0.3, -0.25) is 0 Å². The van der Waals surface area contributed by atoms with E-state index in [-0.39, 0.29) is 0 Å². The molecule has 10 heteroatoms. The summed E-state index contributed by atoms with van der Waals surface area (Å²) < 4.78 is 124. The van der Waals surface area contributed by atoms with Gasteiger partial charge in [0.05, 0.1) is 0 Å². The molecular formula is C10H10F10. The van der Waals surface area contributed by atoms with Crippen molar-refractivity contribution in [3.8, 4) is 0 Å². The molecule has 1 rings (SSSR count). The monoisotopic (exact) mass is 320 g/mol. The van der Waals surface area contributed by atoms with Crippen LogP contribution in [0.15, 0.2) is 0 Å². The standard InChI is InChI=1S/C10H10F10/c11-7(12,9(15,16)17)5-1-2-6(4-3-5)8(13,14)10(18,19)20/h5-6H,1-4H2. The Morgan fingerprint density at radius 1 is 0.450 bits per heavy atom. The van der Waals surface area contributed by atoms with E-state index in [4.69, 9.17) is 0 Å². The van der Waals surface area contributed by atoms with Crippen molar-refractivity contribution < 1.29 is 43.9 Å². The van der Waals surface area contributed by atoms with Crippen molar-refractivity contribution in [3.63, 3.8) is 0 Å². The molecule has 0 radical (unpaired) electrons. The van der Waals surface area contributed by atoms with Crippen molar-refractivity contribution in [2.24, 2.45) is 11.8 Å². The number of hydrogen-bond acceptors (Lipinski definition) is 0. The van der Waals surface area contributed by atoms with Gasteiger partial charge in [-0.05, 0) is 25.7 Å². The van der Waals surface area contributed by atoms with E-state index >= 15 is 0 Å². The molecule has 0 saturated heterocycles. The zero-order chi connectivity index (χ0) is 16.0. The fraction of sp³-hybridized carbons (Fsp3) is 1.00. The predicted octanol–water partition coefficient (Wildman–Crippen LogP) is 5.19. The Morgan fingerprint density at radius 3 is 0.800 bits per heavy atom. The first-order valence-electron chi connectivity index (χ1n) is 5.60. The van der Waals surface area contributed by atoms with Crippen LogP contribution < -0.4 is 0 Å². The maximum atomic E-state index is 12.9. The van der Waals surface area contributed by atoms with Crippen molar-refractivity contribution in [2.75, 3.05) is 0 Å². The molecule has 0 atom stereocenters. The molecule has 20 heavy (non-hydrogen) atoms. The Hall–Kier alpha value is -0.700. The van der Waals surface area contributed by atoms with Gasteiger partial charge in [0.25, 0.3) is 0 Å². The third-order valence-corrected chi connectivity index (χ3v) is 3.51. The maximum absolute atomic E-state index is 12.9. The van der Waals surface area contributed by atoms with Crippen LogP contribution in [0.25, 0.3) is 0 Å². The molecule has 120 valence electrons. The predicted molar refractivity (Wildman–Crippen MR) is 47.5 cm³/mol. The largest absolute Gasteiger partial charge is 0.453 e. The number of rotatable bonds is 2. The fourth-order valence-corrected chi connectivity index (χ4v) is 2.28. The van der Waals surface area contributed by atoms with Gasteiger partial charge in [-0.1, -0.05) is 0 Å². The number of halogens is 10. The van der Waals surface area contributed by atoms with E-state index in [2.05, 4.69) is 0 Å². The molecule has 1 fully saturated rings. The summed E-state index contributed by atoms with van der Waals surface area (Å²) in [6.07, 6.45) is -15.8. The molecule has 0 amide bonds. The first-order chi connectivity index (χ1) is 8.71. The van der Waals surface area contributed by atoms with E-state index in [1.54, 1.807) is 0 Å². The van der Waals surface area contributed by atoms with Gasteiger partial charge >= 0.3 is 24.2 Å². The van der Waals surface area contributed by atoms with Crippen LogP contribution in [0, 0.1) is 11.8 Å². The Kier molecular flexibility index (Phi) is 4.29. The summed E-state index contributed by atoms with van der Waals surface area (Å²) in [6.45, 7) is 0. The van der Waals surface area contributed by atoms with Gasteiger partial charge in [-0.15, -0.1) is 0 Å². The molecule has 0 unspecified atom stereocenters. The van der Waals surface area contributed by atoms with Crippen molar-refractivity contribution in [1.29, 1.82) is 0 Å². The minimum Gasteiger partial charge on any atom is -0.196 e. The van der Waals surface area contributed by atoms with Crippen LogP contribution in [0.4, 0.5) is 43.9 Å². The SMILES string of the molecule is FC(F)(F)C(F)(F)C1CCC(C(F)(F)C(F)(F)F)CC1. The molecule has 0 nitrogen and oxygen atoms in total. The van der Waals surface area contributed by atoms with Crippen LogP contribution in [0.3, 0.4) is 0 Å². The topological polar surface area (TPSA) is 0 Å². The van der Waals surface area contributed by atoms with Crippen molar-refractivity contribution >= 4 is 0 Å². The van der Waals surface area contributed by atoms with Crippen molar-refractivity contribution in [2.45, 2.75) is 49.9 Å². The summed E-state index contributed by atoms with van der Waals surface area (Å²) in [7, 11) is 0. The zero-order valence-corrected chi connectivity index (χ0v) is 9.76. The summed E-state index contributed by atoms with van der Waals surface area (Å²) in [5.74, 6) is -14.7. The molecule has 0 spiro atoms. The first-order valence-corrected chi connectivity index (χ1v) is 5.60. The van der Waals surface area contributed by atoms with Gasteiger partial charge in [-0.2, -0.15) is 43.9 Å². The van der Waals surface area contributed by atoms with E-state index in [0.29, 0.717) is 0 Å². The van der Waals surface area contributed by atoms with Crippen LogP contribution >= 0.6 is 0 Å². The summed E-state index contributed by atoms with van der Waals surface area (Å²) in [5, 5.41) is 0. The van der Waals surface area contributed by atoms with Gasteiger partial charge in [0.2, 0.25) is 0 Å². The van der Waals surface area contributed by atoms with Crippen LogP contribution in [-0.2, 0) is 0 Å². The van der Waals surface area contributed by atoms with E-state index in [1.807, 2.05) is 0 Å². The lowest BCUT2D eigenvalue weighted by atomic mass is 9.76. The molecule has 0 bridgehead atoms. The fourth-order valence-electron chi connectivity index (χ4n) is 2.28. The van der Waals surface area contributed by atoms with Crippen LogP contribution in [0.1, 0.15) is 25.7 Å². The smallest absolute Gasteiger partial charge is 0.196 e. The van der Waals surface area contributed by atoms with Gasteiger partial charge in [-0.25, -0.2) is 0 Å². The molecule has 0 aliphatic heterocycles. The minimum atomic E-state index is -5.84. The van der Waals surface area contributed by atoms with Gasteiger partial charge in [0, 0.05) is 11.8 Å². The second-order valence-electron chi connectivity index (χ2n) is 4.79. The van der Waals surface area contributed by atoms with E-state index in [9.17, 15) is 43.9 Å². The molecule has 0 aromatic rings. The quantitative estimate of drug-likeness (QED) is 0.614. The van der Waals surface area contributed by atoms with Gasteiger partial charge < -0.3 is 0 Å². The molecule has 1 aliphatic carbocycles. The van der Waals surface area contributed by atoms with Gasteiger partial charge in [0.1, 0.15) is 0 Å². The molecule has 1 aliphatic rings. The van der Waals surface area contributed by atoms with Crippen LogP contribution in [-0.4, -0.2) is 24.2 Å². The molecule has 0 N–H and O–H groups in total. The highest BCUT2D eigenvalue weighted by molar-refractivity contribution is 4.93. The summed E-state index contributed by atoms with van der Waals surface area (Å²) in [5.41, 5.74) is 0. The first kappa shape index (κ1) is 17.4. The van der Waals surface area contributed by atoms with Crippen LogP contribution in [0.2, 0.25) is 0 Å². The summed E-state index contributed by atoms with van der Waals surface area (Å²) in [6, 6.07) is 0. The Balaban J connectivity index is 2.75. The molecule has 0 aromatic carbocycles. The number of hydrogen-bond donors (Lipinski definition) is 0. The lowest BCUT2D eigenvalue weighted by molar-refractivity contribution is -0.320. The molecule has 0 aromatic heterocycles.